The van der Waals surface area contributed by atoms with Gasteiger partial charge in [-0.3, -0.25) is 9.69 Å². The van der Waals surface area contributed by atoms with E-state index in [1.165, 1.54) is 0 Å². The summed E-state index contributed by atoms with van der Waals surface area (Å²) >= 11 is 0. The standard InChI is InChI=1S/C16H24N2O3/c1-4-21-15-6-5-13(16(20)12(15)2)14(19)11-18-9-7-17(3)8-10-18/h5-6,20H,4,7-11H2,1-3H3. The van der Waals surface area contributed by atoms with E-state index in [4.69, 9.17) is 4.74 Å². The second-order valence-electron chi connectivity index (χ2n) is 5.52. The molecule has 1 aliphatic rings. The Kier molecular flexibility index (Phi) is 5.20. The number of piperazine rings is 1. The van der Waals surface area contributed by atoms with Gasteiger partial charge in [-0.05, 0) is 33.0 Å². The van der Waals surface area contributed by atoms with Gasteiger partial charge in [-0.25, -0.2) is 0 Å². The molecule has 116 valence electrons. The fourth-order valence-electron chi connectivity index (χ4n) is 2.51. The molecule has 0 aliphatic carbocycles. The molecule has 0 aromatic heterocycles. The molecule has 1 fully saturated rings. The monoisotopic (exact) mass is 292 g/mol. The molecule has 21 heavy (non-hydrogen) atoms. The number of hydrogen-bond donors (Lipinski definition) is 1. The second kappa shape index (κ2) is 6.91. The highest BCUT2D eigenvalue weighted by Gasteiger charge is 2.20. The number of likely N-dealkylation sites (N-methyl/N-ethyl adjacent to an activating group) is 1. The number of carbonyl (C=O) groups is 1. The van der Waals surface area contributed by atoms with E-state index in [9.17, 15) is 9.90 Å². The number of ketones is 1. The van der Waals surface area contributed by atoms with Gasteiger partial charge in [0.1, 0.15) is 11.5 Å². The average molecular weight is 292 g/mol. The Hall–Kier alpha value is -1.59. The van der Waals surface area contributed by atoms with Gasteiger partial charge < -0.3 is 14.7 Å². The van der Waals surface area contributed by atoms with Crippen LogP contribution in [0, 0.1) is 6.92 Å². The van der Waals surface area contributed by atoms with Crippen molar-refractivity contribution in [2.45, 2.75) is 13.8 Å². The topological polar surface area (TPSA) is 53.0 Å². The van der Waals surface area contributed by atoms with Gasteiger partial charge in [0.25, 0.3) is 0 Å². The van der Waals surface area contributed by atoms with Crippen LogP contribution in [0.4, 0.5) is 0 Å². The number of carbonyl (C=O) groups excluding carboxylic acids is 1. The highest BCUT2D eigenvalue weighted by Crippen LogP contribution is 2.30. The third kappa shape index (κ3) is 3.74. The summed E-state index contributed by atoms with van der Waals surface area (Å²) in [6.45, 7) is 8.28. The molecule has 0 spiro atoms. The zero-order chi connectivity index (χ0) is 15.4. The summed E-state index contributed by atoms with van der Waals surface area (Å²) in [4.78, 5) is 16.8. The Balaban J connectivity index is 2.07. The van der Waals surface area contributed by atoms with E-state index in [1.54, 1.807) is 19.1 Å². The summed E-state index contributed by atoms with van der Waals surface area (Å²) in [6.07, 6.45) is 0. The van der Waals surface area contributed by atoms with Crippen molar-refractivity contribution in [2.75, 3.05) is 46.4 Å². The molecule has 5 heteroatoms. The van der Waals surface area contributed by atoms with Crippen LogP contribution in [-0.4, -0.2) is 67.1 Å². The first-order valence-electron chi connectivity index (χ1n) is 7.42. The van der Waals surface area contributed by atoms with Crippen LogP contribution in [0.1, 0.15) is 22.8 Å². The predicted octanol–water partition coefficient (Wildman–Crippen LogP) is 1.53. The predicted molar refractivity (Wildman–Crippen MR) is 82.3 cm³/mol. The summed E-state index contributed by atoms with van der Waals surface area (Å²) in [7, 11) is 2.08. The number of nitrogens with zero attached hydrogens (tertiary/aromatic N) is 2. The number of phenolic OH excluding ortho intramolecular Hbond substituents is 1. The number of aromatic hydroxyl groups is 1. The first kappa shape index (κ1) is 15.8. The van der Waals surface area contributed by atoms with E-state index in [2.05, 4.69) is 16.8 Å². The van der Waals surface area contributed by atoms with Crippen LogP contribution in [0.15, 0.2) is 12.1 Å². The lowest BCUT2D eigenvalue weighted by molar-refractivity contribution is 0.0873. The highest BCUT2D eigenvalue weighted by atomic mass is 16.5. The molecule has 1 saturated heterocycles. The maximum absolute atomic E-state index is 12.4. The number of phenols is 1. The molecule has 1 aromatic carbocycles. The number of rotatable bonds is 5. The largest absolute Gasteiger partial charge is 0.507 e. The summed E-state index contributed by atoms with van der Waals surface area (Å²) < 4.78 is 5.43. The Morgan fingerprint density at radius 3 is 2.57 bits per heavy atom. The summed E-state index contributed by atoms with van der Waals surface area (Å²) in [5, 5.41) is 10.2. The van der Waals surface area contributed by atoms with Crippen molar-refractivity contribution < 1.29 is 14.6 Å². The number of benzene rings is 1. The van der Waals surface area contributed by atoms with Crippen LogP contribution < -0.4 is 4.74 Å². The molecule has 1 N–H and O–H groups in total. The van der Waals surface area contributed by atoms with Crippen LogP contribution in [0.2, 0.25) is 0 Å². The molecule has 1 heterocycles. The maximum atomic E-state index is 12.4. The van der Waals surface area contributed by atoms with Gasteiger partial charge in [0.2, 0.25) is 0 Å². The van der Waals surface area contributed by atoms with Crippen LogP contribution >= 0.6 is 0 Å². The van der Waals surface area contributed by atoms with E-state index < -0.39 is 0 Å². The Bertz CT molecular complexity index is 508. The zero-order valence-electron chi connectivity index (χ0n) is 13.1. The quantitative estimate of drug-likeness (QED) is 0.834. The van der Waals surface area contributed by atoms with Crippen molar-refractivity contribution in [2.24, 2.45) is 0 Å². The minimum Gasteiger partial charge on any atom is -0.507 e. The first-order chi connectivity index (χ1) is 10.0. The normalized spacial score (nSPS) is 16.9. The fourth-order valence-corrected chi connectivity index (χ4v) is 2.51. The third-order valence-corrected chi connectivity index (χ3v) is 3.94. The van der Waals surface area contributed by atoms with Crippen molar-refractivity contribution in [1.82, 2.24) is 9.80 Å². The molecular formula is C16H24N2O3. The van der Waals surface area contributed by atoms with E-state index >= 15 is 0 Å². The molecule has 1 aromatic rings. The summed E-state index contributed by atoms with van der Waals surface area (Å²) in [5.74, 6) is 0.634. The smallest absolute Gasteiger partial charge is 0.180 e. The van der Waals surface area contributed by atoms with E-state index in [0.29, 0.717) is 30.0 Å². The Morgan fingerprint density at radius 2 is 1.95 bits per heavy atom. The molecule has 0 radical (unpaired) electrons. The first-order valence-corrected chi connectivity index (χ1v) is 7.42. The highest BCUT2D eigenvalue weighted by molar-refractivity contribution is 6.00. The second-order valence-corrected chi connectivity index (χ2v) is 5.52. The summed E-state index contributed by atoms with van der Waals surface area (Å²) in [6, 6.07) is 3.42. The fraction of sp³-hybridized carbons (Fsp3) is 0.562. The SMILES string of the molecule is CCOc1ccc(C(=O)CN2CCN(C)CC2)c(O)c1C. The van der Waals surface area contributed by atoms with Gasteiger partial charge in [-0.1, -0.05) is 0 Å². The lowest BCUT2D eigenvalue weighted by Crippen LogP contribution is -2.46. The minimum absolute atomic E-state index is 0.0387. The van der Waals surface area contributed by atoms with Crippen molar-refractivity contribution in [3.05, 3.63) is 23.3 Å². The van der Waals surface area contributed by atoms with Crippen LogP contribution in [0.3, 0.4) is 0 Å². The average Bonchev–Trinajstić information content (AvgIpc) is 2.46. The zero-order valence-corrected chi connectivity index (χ0v) is 13.1. The van der Waals surface area contributed by atoms with E-state index in [0.717, 1.165) is 26.2 Å². The van der Waals surface area contributed by atoms with Crippen molar-refractivity contribution >= 4 is 5.78 Å². The molecule has 0 atom stereocenters. The molecule has 1 aliphatic heterocycles. The lowest BCUT2D eigenvalue weighted by atomic mass is 10.0. The van der Waals surface area contributed by atoms with Crippen LogP contribution in [0.5, 0.6) is 11.5 Å². The number of Topliss-reactive ketones (excluding diaryl/α,β-unsaturated/α-hetero) is 1. The maximum Gasteiger partial charge on any atom is 0.180 e. The van der Waals surface area contributed by atoms with Crippen molar-refractivity contribution in [3.63, 3.8) is 0 Å². The molecule has 0 saturated carbocycles. The van der Waals surface area contributed by atoms with Gasteiger partial charge in [-0.2, -0.15) is 0 Å². The van der Waals surface area contributed by atoms with Gasteiger partial charge >= 0.3 is 0 Å². The number of hydrogen-bond acceptors (Lipinski definition) is 5. The molecule has 2 rings (SSSR count). The van der Waals surface area contributed by atoms with Crippen molar-refractivity contribution in [1.29, 1.82) is 0 Å². The van der Waals surface area contributed by atoms with Crippen LogP contribution in [-0.2, 0) is 0 Å². The van der Waals surface area contributed by atoms with Gasteiger partial charge in [0.15, 0.2) is 5.78 Å². The molecular weight excluding hydrogens is 268 g/mol. The minimum atomic E-state index is -0.0387. The van der Waals surface area contributed by atoms with Crippen molar-refractivity contribution in [3.8, 4) is 11.5 Å². The van der Waals surface area contributed by atoms with Gasteiger partial charge in [0.05, 0.1) is 18.7 Å². The molecule has 0 bridgehead atoms. The Morgan fingerprint density at radius 1 is 1.29 bits per heavy atom. The van der Waals surface area contributed by atoms with E-state index in [-0.39, 0.29) is 11.5 Å². The molecule has 5 nitrogen and oxygen atoms in total. The molecule has 0 amide bonds. The van der Waals surface area contributed by atoms with Gasteiger partial charge in [0, 0.05) is 31.7 Å². The summed E-state index contributed by atoms with van der Waals surface area (Å²) in [5.41, 5.74) is 1.01. The van der Waals surface area contributed by atoms with E-state index in [1.807, 2.05) is 6.92 Å². The Labute approximate surface area is 126 Å². The third-order valence-electron chi connectivity index (χ3n) is 3.94. The van der Waals surface area contributed by atoms with Gasteiger partial charge in [-0.15, -0.1) is 0 Å². The van der Waals surface area contributed by atoms with Crippen LogP contribution in [0.25, 0.3) is 0 Å². The molecule has 0 unspecified atom stereocenters. The number of ether oxygens (including phenoxy) is 1. The lowest BCUT2D eigenvalue weighted by Gasteiger charge is -2.31.